The molecule has 0 saturated carbocycles. The van der Waals surface area contributed by atoms with Gasteiger partial charge in [-0.15, -0.1) is 0 Å². The highest BCUT2D eigenvalue weighted by Crippen LogP contribution is 2.25. The van der Waals surface area contributed by atoms with Crippen molar-refractivity contribution in [3.63, 3.8) is 0 Å². The van der Waals surface area contributed by atoms with Crippen LogP contribution < -0.4 is 5.32 Å². The number of hydrogen-bond donors (Lipinski definition) is 1. The van der Waals surface area contributed by atoms with Crippen molar-refractivity contribution in [1.82, 2.24) is 0 Å². The van der Waals surface area contributed by atoms with Crippen molar-refractivity contribution in [1.29, 1.82) is 0 Å². The summed E-state index contributed by atoms with van der Waals surface area (Å²) < 4.78 is 18.6. The fraction of sp³-hybridized carbons (Fsp3) is 0.417. The largest absolute Gasteiger partial charge is 0.369 e. The summed E-state index contributed by atoms with van der Waals surface area (Å²) in [6, 6.07) is 4.09. The molecule has 0 aliphatic carbocycles. The maximum atomic E-state index is 12.9. The van der Waals surface area contributed by atoms with Crippen LogP contribution in [-0.4, -0.2) is 18.6 Å². The van der Waals surface area contributed by atoms with Crippen LogP contribution in [0.1, 0.15) is 20.3 Å². The monoisotopic (exact) mass is 303 g/mol. The predicted octanol–water partition coefficient (Wildman–Crippen LogP) is 3.34. The summed E-state index contributed by atoms with van der Waals surface area (Å²) in [6.07, 6.45) is 0.550. The highest BCUT2D eigenvalue weighted by molar-refractivity contribution is 9.10. The van der Waals surface area contributed by atoms with Gasteiger partial charge in [-0.2, -0.15) is 0 Å². The molecule has 0 spiro atoms. The lowest BCUT2D eigenvalue weighted by molar-refractivity contribution is -0.136. The van der Waals surface area contributed by atoms with E-state index in [9.17, 15) is 9.18 Å². The smallest absolute Gasteiger partial charge is 0.256 e. The summed E-state index contributed by atoms with van der Waals surface area (Å²) in [6.45, 7) is 3.57. The summed E-state index contributed by atoms with van der Waals surface area (Å²) in [5.74, 6) is -0.616. The molecule has 1 amide bonds. The molecule has 0 aromatic heterocycles. The summed E-state index contributed by atoms with van der Waals surface area (Å²) in [5, 5.41) is 2.70. The van der Waals surface area contributed by atoms with Gasteiger partial charge < -0.3 is 10.1 Å². The van der Waals surface area contributed by atoms with Crippen LogP contribution >= 0.6 is 15.9 Å². The van der Waals surface area contributed by atoms with Crippen LogP contribution in [0.5, 0.6) is 0 Å². The van der Waals surface area contributed by atoms with Crippen molar-refractivity contribution in [2.45, 2.75) is 25.9 Å². The predicted molar refractivity (Wildman–Crippen MR) is 68.4 cm³/mol. The molecule has 1 unspecified atom stereocenters. The molecule has 0 aliphatic heterocycles. The molecular weight excluding hydrogens is 289 g/mol. The van der Waals surface area contributed by atoms with Gasteiger partial charge in [-0.1, -0.05) is 6.92 Å². The first kappa shape index (κ1) is 14.1. The van der Waals surface area contributed by atoms with E-state index in [1.54, 1.807) is 6.92 Å². The van der Waals surface area contributed by atoms with E-state index in [0.717, 1.165) is 0 Å². The lowest BCUT2D eigenvalue weighted by Crippen LogP contribution is -2.41. The Morgan fingerprint density at radius 3 is 2.71 bits per heavy atom. The maximum Gasteiger partial charge on any atom is 0.256 e. The highest BCUT2D eigenvalue weighted by Gasteiger charge is 2.31. The molecule has 0 radical (unpaired) electrons. The number of carbonyl (C=O) groups is 1. The summed E-state index contributed by atoms with van der Waals surface area (Å²) >= 11 is 3.19. The Kier molecular flexibility index (Phi) is 4.65. The first-order valence-electron chi connectivity index (χ1n) is 5.24. The maximum absolute atomic E-state index is 12.9. The Labute approximate surface area is 108 Å². The molecule has 1 rings (SSSR count). The van der Waals surface area contributed by atoms with Gasteiger partial charge in [-0.25, -0.2) is 4.39 Å². The van der Waals surface area contributed by atoms with Gasteiger partial charge >= 0.3 is 0 Å². The summed E-state index contributed by atoms with van der Waals surface area (Å²) in [4.78, 5) is 12.0. The zero-order valence-electron chi connectivity index (χ0n) is 10.0. The van der Waals surface area contributed by atoms with Crippen molar-refractivity contribution >= 4 is 27.5 Å². The number of benzene rings is 1. The summed E-state index contributed by atoms with van der Waals surface area (Å²) in [7, 11) is 1.49. The second kappa shape index (κ2) is 5.60. The quantitative estimate of drug-likeness (QED) is 0.926. The third-order valence-electron chi connectivity index (χ3n) is 2.78. The van der Waals surface area contributed by atoms with E-state index >= 15 is 0 Å². The molecule has 0 fully saturated rings. The summed E-state index contributed by atoms with van der Waals surface area (Å²) in [5.41, 5.74) is -0.360. The minimum Gasteiger partial charge on any atom is -0.369 e. The van der Waals surface area contributed by atoms with Crippen LogP contribution in [0.3, 0.4) is 0 Å². The van der Waals surface area contributed by atoms with Gasteiger partial charge in [0.1, 0.15) is 11.4 Å². The van der Waals surface area contributed by atoms with Gasteiger partial charge in [0, 0.05) is 11.6 Å². The SMILES string of the molecule is CCC(C)(OC)C(=O)Nc1ccc(F)cc1Br. The van der Waals surface area contributed by atoms with E-state index in [2.05, 4.69) is 21.2 Å². The number of ether oxygens (including phenoxy) is 1. The Morgan fingerprint density at radius 2 is 2.24 bits per heavy atom. The zero-order chi connectivity index (χ0) is 13.1. The molecule has 0 bridgehead atoms. The lowest BCUT2D eigenvalue weighted by Gasteiger charge is -2.25. The van der Waals surface area contributed by atoms with Gasteiger partial charge in [-0.3, -0.25) is 4.79 Å². The molecule has 1 aromatic rings. The van der Waals surface area contributed by atoms with Crippen molar-refractivity contribution in [3.05, 3.63) is 28.5 Å². The van der Waals surface area contributed by atoms with Crippen molar-refractivity contribution in [2.75, 3.05) is 12.4 Å². The van der Waals surface area contributed by atoms with Gasteiger partial charge in [0.15, 0.2) is 0 Å². The van der Waals surface area contributed by atoms with Crippen molar-refractivity contribution in [2.24, 2.45) is 0 Å². The van der Waals surface area contributed by atoms with Gasteiger partial charge in [0.25, 0.3) is 5.91 Å². The van der Waals surface area contributed by atoms with E-state index in [-0.39, 0.29) is 11.7 Å². The number of halogens is 2. The van der Waals surface area contributed by atoms with Crippen LogP contribution in [0.15, 0.2) is 22.7 Å². The van der Waals surface area contributed by atoms with E-state index in [1.807, 2.05) is 6.92 Å². The second-order valence-electron chi connectivity index (χ2n) is 3.87. The third-order valence-corrected chi connectivity index (χ3v) is 3.44. The van der Waals surface area contributed by atoms with E-state index in [1.165, 1.54) is 25.3 Å². The molecule has 0 saturated heterocycles. The lowest BCUT2D eigenvalue weighted by atomic mass is 10.0. The fourth-order valence-electron chi connectivity index (χ4n) is 1.24. The first-order valence-corrected chi connectivity index (χ1v) is 6.04. The van der Waals surface area contributed by atoms with Crippen LogP contribution in [0.25, 0.3) is 0 Å². The number of hydrogen-bond acceptors (Lipinski definition) is 2. The molecule has 5 heteroatoms. The highest BCUT2D eigenvalue weighted by atomic mass is 79.9. The Morgan fingerprint density at radius 1 is 1.59 bits per heavy atom. The second-order valence-corrected chi connectivity index (χ2v) is 4.72. The van der Waals surface area contributed by atoms with Gasteiger partial charge in [0.05, 0.1) is 5.69 Å². The first-order chi connectivity index (χ1) is 7.92. The minimum absolute atomic E-state index is 0.255. The third kappa shape index (κ3) is 3.26. The average molecular weight is 304 g/mol. The molecule has 0 heterocycles. The fourth-order valence-corrected chi connectivity index (χ4v) is 1.69. The molecule has 94 valence electrons. The van der Waals surface area contributed by atoms with Crippen LogP contribution in [0.4, 0.5) is 10.1 Å². The normalized spacial score (nSPS) is 14.2. The van der Waals surface area contributed by atoms with Gasteiger partial charge in [-0.05, 0) is 47.5 Å². The molecule has 1 aromatic carbocycles. The molecule has 1 N–H and O–H groups in total. The number of rotatable bonds is 4. The number of nitrogens with one attached hydrogen (secondary N) is 1. The molecular formula is C12H15BrFNO2. The van der Waals surface area contributed by atoms with Crippen LogP contribution in [0, 0.1) is 5.82 Å². The zero-order valence-corrected chi connectivity index (χ0v) is 11.6. The van der Waals surface area contributed by atoms with Crippen molar-refractivity contribution < 1.29 is 13.9 Å². The number of anilines is 1. The van der Waals surface area contributed by atoms with Crippen LogP contribution in [0.2, 0.25) is 0 Å². The minimum atomic E-state index is -0.881. The van der Waals surface area contributed by atoms with Gasteiger partial charge in [0.2, 0.25) is 0 Å². The molecule has 1 atom stereocenters. The number of carbonyl (C=O) groups excluding carboxylic acids is 1. The Balaban J connectivity index is 2.88. The Bertz CT molecular complexity index is 419. The standard InChI is InChI=1S/C12H15BrFNO2/c1-4-12(2,17-3)11(16)15-10-6-5-8(14)7-9(10)13/h5-7H,4H2,1-3H3,(H,15,16). The Hall–Kier alpha value is -0.940. The number of methoxy groups -OCH3 is 1. The van der Waals surface area contributed by atoms with E-state index in [4.69, 9.17) is 4.74 Å². The van der Waals surface area contributed by atoms with Crippen LogP contribution in [-0.2, 0) is 9.53 Å². The van der Waals surface area contributed by atoms with E-state index in [0.29, 0.717) is 16.6 Å². The molecule has 3 nitrogen and oxygen atoms in total. The topological polar surface area (TPSA) is 38.3 Å². The molecule has 17 heavy (non-hydrogen) atoms. The average Bonchev–Trinajstić information content (AvgIpc) is 2.31. The number of amides is 1. The van der Waals surface area contributed by atoms with E-state index < -0.39 is 5.60 Å². The molecule has 0 aliphatic rings. The van der Waals surface area contributed by atoms with Crippen molar-refractivity contribution in [3.8, 4) is 0 Å².